The molecule has 4 rings (SSSR count). The van der Waals surface area contributed by atoms with Crippen molar-refractivity contribution in [3.63, 3.8) is 0 Å². The van der Waals surface area contributed by atoms with Gasteiger partial charge in [-0.1, -0.05) is 24.3 Å². The number of aromatic nitrogens is 2. The van der Waals surface area contributed by atoms with E-state index in [4.69, 9.17) is 4.74 Å². The number of rotatable bonds is 6. The Labute approximate surface area is 171 Å². The summed E-state index contributed by atoms with van der Waals surface area (Å²) in [5, 5.41) is 0.523. The van der Waals surface area contributed by atoms with Crippen molar-refractivity contribution in [2.75, 3.05) is 13.2 Å². The molecule has 2 heterocycles. The van der Waals surface area contributed by atoms with E-state index in [1.807, 2.05) is 11.0 Å². The number of halogens is 3. The fourth-order valence-electron chi connectivity index (χ4n) is 3.74. The highest BCUT2D eigenvalue weighted by Gasteiger charge is 2.30. The SMILES string of the molecule is O=c1[nH]c(CN(Cc2ccc(C(F)(F)F)cc2)C[C@@H]2CCCO2)nc2ccccc12. The maximum Gasteiger partial charge on any atom is 0.416 e. The Morgan fingerprint density at radius 1 is 1.10 bits per heavy atom. The number of H-pyrrole nitrogens is 1. The minimum Gasteiger partial charge on any atom is -0.377 e. The summed E-state index contributed by atoms with van der Waals surface area (Å²) in [5.41, 5.74) is 0.492. The molecule has 0 amide bonds. The molecule has 1 aliphatic rings. The minimum atomic E-state index is -4.36. The van der Waals surface area contributed by atoms with E-state index in [2.05, 4.69) is 9.97 Å². The zero-order chi connectivity index (χ0) is 21.1. The van der Waals surface area contributed by atoms with Crippen LogP contribution in [-0.2, 0) is 24.0 Å². The number of hydrogen-bond acceptors (Lipinski definition) is 4. The van der Waals surface area contributed by atoms with E-state index < -0.39 is 11.7 Å². The molecule has 1 atom stereocenters. The van der Waals surface area contributed by atoms with Gasteiger partial charge in [-0.25, -0.2) is 4.98 Å². The second kappa shape index (κ2) is 8.57. The molecule has 1 aliphatic heterocycles. The number of benzene rings is 2. The first-order valence-corrected chi connectivity index (χ1v) is 9.86. The van der Waals surface area contributed by atoms with Crippen LogP contribution in [0.5, 0.6) is 0 Å². The van der Waals surface area contributed by atoms with E-state index in [0.717, 1.165) is 30.5 Å². The summed E-state index contributed by atoms with van der Waals surface area (Å²) in [6.45, 7) is 2.11. The van der Waals surface area contributed by atoms with Gasteiger partial charge in [-0.05, 0) is 42.7 Å². The quantitative estimate of drug-likeness (QED) is 0.656. The maximum absolute atomic E-state index is 12.8. The first-order valence-electron chi connectivity index (χ1n) is 9.86. The number of nitrogens with zero attached hydrogens (tertiary/aromatic N) is 2. The largest absolute Gasteiger partial charge is 0.416 e. The van der Waals surface area contributed by atoms with Crippen LogP contribution < -0.4 is 5.56 Å². The Bertz CT molecular complexity index is 1060. The third-order valence-electron chi connectivity index (χ3n) is 5.21. The molecule has 0 saturated carbocycles. The Hall–Kier alpha value is -2.71. The molecule has 0 spiro atoms. The van der Waals surface area contributed by atoms with Crippen LogP contribution in [0.4, 0.5) is 13.2 Å². The van der Waals surface area contributed by atoms with Crippen LogP contribution in [0.2, 0.25) is 0 Å². The van der Waals surface area contributed by atoms with Crippen LogP contribution >= 0.6 is 0 Å². The number of aromatic amines is 1. The van der Waals surface area contributed by atoms with Crippen molar-refractivity contribution in [2.45, 2.75) is 38.2 Å². The van der Waals surface area contributed by atoms with Gasteiger partial charge in [0.1, 0.15) is 5.82 Å². The third kappa shape index (κ3) is 4.88. The zero-order valence-electron chi connectivity index (χ0n) is 16.3. The molecule has 1 N–H and O–H groups in total. The first-order chi connectivity index (χ1) is 14.4. The number of nitrogens with one attached hydrogen (secondary N) is 1. The summed E-state index contributed by atoms with van der Waals surface area (Å²) < 4.78 is 44.2. The van der Waals surface area contributed by atoms with Gasteiger partial charge in [0.25, 0.3) is 5.56 Å². The van der Waals surface area contributed by atoms with Crippen LogP contribution in [0.15, 0.2) is 53.3 Å². The Balaban J connectivity index is 1.56. The topological polar surface area (TPSA) is 58.2 Å². The Morgan fingerprint density at radius 3 is 2.57 bits per heavy atom. The van der Waals surface area contributed by atoms with E-state index in [9.17, 15) is 18.0 Å². The standard InChI is InChI=1S/C22H22F3N3O2/c23-22(24,25)16-9-7-15(8-10-16)12-28(13-17-4-3-11-30-17)14-20-26-19-6-2-1-5-18(19)21(29)27-20/h1-2,5-10,17H,3-4,11-14H2,(H,26,27,29)/t17-/m0/s1. The van der Waals surface area contributed by atoms with Gasteiger partial charge in [0.05, 0.1) is 29.1 Å². The average Bonchev–Trinajstić information content (AvgIpc) is 3.21. The van der Waals surface area contributed by atoms with Crippen molar-refractivity contribution in [1.82, 2.24) is 14.9 Å². The highest BCUT2D eigenvalue weighted by molar-refractivity contribution is 5.77. The van der Waals surface area contributed by atoms with Crippen LogP contribution in [-0.4, -0.2) is 34.1 Å². The Kier molecular flexibility index (Phi) is 5.87. The molecule has 1 fully saturated rings. The van der Waals surface area contributed by atoms with E-state index in [1.165, 1.54) is 12.1 Å². The molecule has 1 aromatic heterocycles. The van der Waals surface area contributed by atoms with E-state index in [1.54, 1.807) is 18.2 Å². The normalized spacial score (nSPS) is 17.1. The van der Waals surface area contributed by atoms with Gasteiger partial charge in [-0.2, -0.15) is 13.2 Å². The summed E-state index contributed by atoms with van der Waals surface area (Å²) in [6.07, 6.45) is -2.37. The van der Waals surface area contributed by atoms with E-state index >= 15 is 0 Å². The van der Waals surface area contributed by atoms with Crippen LogP contribution in [0.3, 0.4) is 0 Å². The fraction of sp³-hybridized carbons (Fsp3) is 0.364. The van der Waals surface area contributed by atoms with Gasteiger partial charge in [0.2, 0.25) is 0 Å². The molecule has 0 radical (unpaired) electrons. The van der Waals surface area contributed by atoms with Gasteiger partial charge in [0, 0.05) is 19.7 Å². The number of ether oxygens (including phenoxy) is 1. The van der Waals surface area contributed by atoms with Gasteiger partial charge in [-0.15, -0.1) is 0 Å². The van der Waals surface area contributed by atoms with Crippen molar-refractivity contribution in [1.29, 1.82) is 0 Å². The average molecular weight is 417 g/mol. The molecule has 1 saturated heterocycles. The van der Waals surface area contributed by atoms with Gasteiger partial charge in [-0.3, -0.25) is 9.69 Å². The van der Waals surface area contributed by atoms with E-state index in [0.29, 0.717) is 43.0 Å². The molecule has 0 aliphatic carbocycles. The molecule has 5 nitrogen and oxygen atoms in total. The summed E-state index contributed by atoms with van der Waals surface area (Å²) >= 11 is 0. The number of alkyl halides is 3. The molecule has 30 heavy (non-hydrogen) atoms. The molecule has 2 aromatic carbocycles. The molecule has 0 bridgehead atoms. The summed E-state index contributed by atoms with van der Waals surface area (Å²) in [5.74, 6) is 0.517. The highest BCUT2D eigenvalue weighted by atomic mass is 19.4. The molecular formula is C22H22F3N3O2. The van der Waals surface area contributed by atoms with Crippen LogP contribution in [0.25, 0.3) is 10.9 Å². The maximum atomic E-state index is 12.8. The predicted molar refractivity (Wildman–Crippen MR) is 107 cm³/mol. The summed E-state index contributed by atoms with van der Waals surface area (Å²) in [7, 11) is 0. The smallest absolute Gasteiger partial charge is 0.377 e. The number of para-hydroxylation sites is 1. The summed E-state index contributed by atoms with van der Waals surface area (Å²) in [4.78, 5) is 21.8. The van der Waals surface area contributed by atoms with Gasteiger partial charge in [0.15, 0.2) is 0 Å². The second-order valence-corrected chi connectivity index (χ2v) is 7.53. The van der Waals surface area contributed by atoms with Crippen molar-refractivity contribution >= 4 is 10.9 Å². The Morgan fingerprint density at radius 2 is 1.87 bits per heavy atom. The van der Waals surface area contributed by atoms with Crippen molar-refractivity contribution in [2.24, 2.45) is 0 Å². The zero-order valence-corrected chi connectivity index (χ0v) is 16.3. The molecule has 158 valence electrons. The second-order valence-electron chi connectivity index (χ2n) is 7.53. The monoisotopic (exact) mass is 417 g/mol. The lowest BCUT2D eigenvalue weighted by Crippen LogP contribution is -2.32. The van der Waals surface area contributed by atoms with Gasteiger partial charge >= 0.3 is 6.18 Å². The molecule has 3 aromatic rings. The van der Waals surface area contributed by atoms with Crippen molar-refractivity contribution in [3.8, 4) is 0 Å². The lowest BCUT2D eigenvalue weighted by molar-refractivity contribution is -0.137. The molecule has 8 heteroatoms. The molecular weight excluding hydrogens is 395 g/mol. The lowest BCUT2D eigenvalue weighted by atomic mass is 10.1. The van der Waals surface area contributed by atoms with Crippen molar-refractivity contribution in [3.05, 3.63) is 75.8 Å². The predicted octanol–water partition coefficient (Wildman–Crippen LogP) is 4.12. The third-order valence-corrected chi connectivity index (χ3v) is 5.21. The van der Waals surface area contributed by atoms with Crippen LogP contribution in [0.1, 0.15) is 29.8 Å². The minimum absolute atomic E-state index is 0.0617. The molecule has 0 unspecified atom stereocenters. The van der Waals surface area contributed by atoms with Crippen molar-refractivity contribution < 1.29 is 17.9 Å². The van der Waals surface area contributed by atoms with Crippen LogP contribution in [0, 0.1) is 0 Å². The fourth-order valence-corrected chi connectivity index (χ4v) is 3.74. The number of fused-ring (bicyclic) bond motifs is 1. The van der Waals surface area contributed by atoms with Gasteiger partial charge < -0.3 is 9.72 Å². The van der Waals surface area contributed by atoms with E-state index in [-0.39, 0.29) is 11.7 Å². The first kappa shape index (κ1) is 20.6. The number of hydrogen-bond donors (Lipinski definition) is 1. The summed E-state index contributed by atoms with van der Waals surface area (Å²) in [6, 6.07) is 12.3. The highest BCUT2D eigenvalue weighted by Crippen LogP contribution is 2.29. The lowest BCUT2D eigenvalue weighted by Gasteiger charge is -2.25.